The molecule has 0 N–H and O–H groups in total. The van der Waals surface area contributed by atoms with Gasteiger partial charge in [-0.05, 0) is 24.3 Å². The van der Waals surface area contributed by atoms with Crippen molar-refractivity contribution in [3.05, 3.63) is 49.3 Å². The lowest BCUT2D eigenvalue weighted by molar-refractivity contribution is 0.0588. The average Bonchev–Trinajstić information content (AvgIpc) is 2.97. The largest absolute Gasteiger partial charge is 0.336 e. The van der Waals surface area contributed by atoms with Gasteiger partial charge in [0.2, 0.25) is 0 Å². The highest BCUT2D eigenvalue weighted by atomic mass is 35.5. The Morgan fingerprint density at radius 3 is 2.88 bits per heavy atom. The number of carbonyl (C=O) groups is 1. The minimum absolute atomic E-state index is 0.0340. The summed E-state index contributed by atoms with van der Waals surface area (Å²) in [6.45, 7) is 6.08. The van der Waals surface area contributed by atoms with E-state index in [1.165, 1.54) is 11.3 Å². The summed E-state index contributed by atoms with van der Waals surface area (Å²) in [7, 11) is 0. The second kappa shape index (κ2) is 6.25. The Morgan fingerprint density at radius 1 is 1.32 bits per heavy atom. The van der Waals surface area contributed by atoms with Gasteiger partial charge in [0.15, 0.2) is 4.47 Å². The molecule has 1 saturated heterocycles. The predicted molar refractivity (Wildman–Crippen MR) is 98.7 cm³/mol. The number of halogens is 1. The van der Waals surface area contributed by atoms with Gasteiger partial charge in [-0.3, -0.25) is 9.59 Å². The minimum Gasteiger partial charge on any atom is -0.336 e. The summed E-state index contributed by atoms with van der Waals surface area (Å²) in [5.41, 5.74) is 1.59. The number of fused-ring (bicyclic) bond motifs is 4. The number of hydrogen-bond donors (Lipinski definition) is 0. The van der Waals surface area contributed by atoms with Gasteiger partial charge in [0.25, 0.3) is 11.5 Å². The Hall–Kier alpha value is -1.66. The maximum atomic E-state index is 13.1. The fourth-order valence-corrected chi connectivity index (χ4v) is 5.18. The number of rotatable bonds is 2. The van der Waals surface area contributed by atoms with Gasteiger partial charge >= 0.3 is 0 Å². The molecule has 2 aromatic rings. The van der Waals surface area contributed by atoms with Gasteiger partial charge in [0.05, 0.1) is 0 Å². The molecule has 7 heteroatoms. The van der Waals surface area contributed by atoms with E-state index in [-0.39, 0.29) is 23.3 Å². The summed E-state index contributed by atoms with van der Waals surface area (Å²) < 4.78 is 2.29. The first-order valence-electron chi connectivity index (χ1n) is 8.59. The van der Waals surface area contributed by atoms with Crippen LogP contribution in [0.3, 0.4) is 0 Å². The van der Waals surface area contributed by atoms with Crippen LogP contribution < -0.4 is 5.56 Å². The molecule has 2 aliphatic heterocycles. The molecule has 2 atom stereocenters. The van der Waals surface area contributed by atoms with Gasteiger partial charge < -0.3 is 9.47 Å². The molecular weight excluding hydrogens is 358 g/mol. The highest BCUT2D eigenvalue weighted by molar-refractivity contribution is 7.16. The van der Waals surface area contributed by atoms with Crippen molar-refractivity contribution in [3.8, 4) is 0 Å². The molecule has 0 aromatic carbocycles. The fourth-order valence-electron chi connectivity index (χ4n) is 4.06. The quantitative estimate of drug-likeness (QED) is 0.806. The Kier molecular flexibility index (Phi) is 4.20. The van der Waals surface area contributed by atoms with Crippen molar-refractivity contribution in [2.24, 2.45) is 5.92 Å². The lowest BCUT2D eigenvalue weighted by Crippen LogP contribution is -2.49. The standard InChI is InChI=1S/C18H20ClN3O2S/c1-10(2)16-15(20-18(19)25-16)17(24)21-7-11-6-12(9-21)13-4-3-5-14(23)22(13)8-11/h3-5,10-12H,6-9H2,1-2H3/t11-,12+/m0/s1. The second-order valence-electron chi connectivity index (χ2n) is 7.24. The molecule has 0 saturated carbocycles. The van der Waals surface area contributed by atoms with Crippen LogP contribution in [0.5, 0.6) is 0 Å². The Labute approximate surface area is 155 Å². The van der Waals surface area contributed by atoms with E-state index in [2.05, 4.69) is 4.98 Å². The van der Waals surface area contributed by atoms with E-state index in [0.717, 1.165) is 17.0 Å². The third-order valence-electron chi connectivity index (χ3n) is 5.12. The number of hydrogen-bond acceptors (Lipinski definition) is 4. The zero-order chi connectivity index (χ0) is 17.7. The monoisotopic (exact) mass is 377 g/mol. The van der Waals surface area contributed by atoms with Crippen LogP contribution in [0.1, 0.15) is 53.2 Å². The smallest absolute Gasteiger partial charge is 0.273 e. The Morgan fingerprint density at radius 2 is 2.12 bits per heavy atom. The zero-order valence-corrected chi connectivity index (χ0v) is 15.8. The van der Waals surface area contributed by atoms with Crippen LogP contribution in [0.25, 0.3) is 0 Å². The number of thiazole rings is 1. The zero-order valence-electron chi connectivity index (χ0n) is 14.2. The molecule has 2 aliphatic rings. The molecular formula is C18H20ClN3O2S. The molecule has 5 nitrogen and oxygen atoms in total. The maximum absolute atomic E-state index is 13.1. The molecule has 2 bridgehead atoms. The van der Waals surface area contributed by atoms with Gasteiger partial charge in [0.1, 0.15) is 5.69 Å². The third-order valence-corrected chi connectivity index (χ3v) is 6.58. The van der Waals surface area contributed by atoms with Gasteiger partial charge in [-0.15, -0.1) is 11.3 Å². The van der Waals surface area contributed by atoms with Crippen molar-refractivity contribution in [2.75, 3.05) is 13.1 Å². The van der Waals surface area contributed by atoms with E-state index in [1.54, 1.807) is 6.07 Å². The van der Waals surface area contributed by atoms with Crippen molar-refractivity contribution >= 4 is 28.8 Å². The number of amides is 1. The number of carbonyl (C=O) groups excluding carboxylic acids is 1. The van der Waals surface area contributed by atoms with Crippen molar-refractivity contribution in [1.29, 1.82) is 0 Å². The summed E-state index contributed by atoms with van der Waals surface area (Å²) in [4.78, 5) is 32.3. The van der Waals surface area contributed by atoms with Crippen LogP contribution in [0.4, 0.5) is 0 Å². The topological polar surface area (TPSA) is 55.2 Å². The highest BCUT2D eigenvalue weighted by Crippen LogP contribution is 2.37. The number of aromatic nitrogens is 2. The van der Waals surface area contributed by atoms with Crippen molar-refractivity contribution in [1.82, 2.24) is 14.5 Å². The van der Waals surface area contributed by atoms with E-state index in [4.69, 9.17) is 11.6 Å². The van der Waals surface area contributed by atoms with Crippen LogP contribution in [-0.2, 0) is 6.54 Å². The van der Waals surface area contributed by atoms with Gasteiger partial charge in [0, 0.05) is 42.2 Å². The number of pyridine rings is 1. The summed E-state index contributed by atoms with van der Waals surface area (Å²) >= 11 is 7.46. The first kappa shape index (κ1) is 16.8. The SMILES string of the molecule is CC(C)c1sc(Cl)nc1C(=O)N1C[C@@H]2C[C@H](C1)c1cccc(=O)n1C2. The number of nitrogens with zero attached hydrogens (tertiary/aromatic N) is 3. The van der Waals surface area contributed by atoms with Crippen LogP contribution in [0, 0.1) is 5.92 Å². The highest BCUT2D eigenvalue weighted by Gasteiger charge is 2.37. The van der Waals surface area contributed by atoms with E-state index in [1.807, 2.05) is 35.4 Å². The minimum atomic E-state index is -0.0340. The molecule has 1 fully saturated rings. The summed E-state index contributed by atoms with van der Waals surface area (Å²) in [5.74, 6) is 0.703. The van der Waals surface area contributed by atoms with E-state index >= 15 is 0 Å². The van der Waals surface area contributed by atoms with E-state index < -0.39 is 0 Å². The third kappa shape index (κ3) is 2.91. The Balaban J connectivity index is 1.64. The molecule has 0 radical (unpaired) electrons. The van der Waals surface area contributed by atoms with Crippen LogP contribution >= 0.6 is 22.9 Å². The summed E-state index contributed by atoms with van der Waals surface area (Å²) in [6.07, 6.45) is 1.03. The first-order chi connectivity index (χ1) is 11.9. The molecule has 132 valence electrons. The van der Waals surface area contributed by atoms with Gasteiger partial charge in [-0.1, -0.05) is 31.5 Å². The lowest BCUT2D eigenvalue weighted by Gasteiger charge is -2.42. The molecule has 0 unspecified atom stereocenters. The van der Waals surface area contributed by atoms with Crippen LogP contribution in [-0.4, -0.2) is 33.4 Å². The van der Waals surface area contributed by atoms with Crippen molar-refractivity contribution in [2.45, 2.75) is 38.6 Å². The molecule has 2 aromatic heterocycles. The average molecular weight is 378 g/mol. The first-order valence-corrected chi connectivity index (χ1v) is 9.78. The summed E-state index contributed by atoms with van der Waals surface area (Å²) in [6, 6.07) is 5.43. The molecule has 4 rings (SSSR count). The number of likely N-dealkylation sites (tertiary alicyclic amines) is 1. The Bertz CT molecular complexity index is 889. The lowest BCUT2D eigenvalue weighted by atomic mass is 9.83. The van der Waals surface area contributed by atoms with Gasteiger partial charge in [-0.25, -0.2) is 4.98 Å². The molecule has 1 amide bonds. The van der Waals surface area contributed by atoms with Crippen LogP contribution in [0.15, 0.2) is 23.0 Å². The fraction of sp³-hybridized carbons (Fsp3) is 0.500. The second-order valence-corrected chi connectivity index (χ2v) is 8.86. The van der Waals surface area contributed by atoms with Crippen molar-refractivity contribution in [3.63, 3.8) is 0 Å². The molecule has 0 spiro atoms. The number of piperidine rings is 1. The van der Waals surface area contributed by atoms with Crippen LogP contribution in [0.2, 0.25) is 4.47 Å². The predicted octanol–water partition coefficient (Wildman–Crippen LogP) is 3.34. The molecule has 4 heterocycles. The maximum Gasteiger partial charge on any atom is 0.273 e. The molecule has 25 heavy (non-hydrogen) atoms. The molecule has 0 aliphatic carbocycles. The normalized spacial score (nSPS) is 22.2. The van der Waals surface area contributed by atoms with Gasteiger partial charge in [-0.2, -0.15) is 0 Å². The summed E-state index contributed by atoms with van der Waals surface area (Å²) in [5, 5.41) is 0. The van der Waals surface area contributed by atoms with E-state index in [9.17, 15) is 9.59 Å². The van der Waals surface area contributed by atoms with Crippen molar-refractivity contribution < 1.29 is 4.79 Å². The van der Waals surface area contributed by atoms with E-state index in [0.29, 0.717) is 35.7 Å².